The van der Waals surface area contributed by atoms with Crippen molar-refractivity contribution < 1.29 is 19.8 Å². The molecular weight excluding hydrogens is 264 g/mol. The van der Waals surface area contributed by atoms with Crippen LogP contribution in [-0.2, 0) is 4.79 Å². The second kappa shape index (κ2) is 6.77. The van der Waals surface area contributed by atoms with E-state index >= 15 is 0 Å². The molecule has 17 heavy (non-hydrogen) atoms. The summed E-state index contributed by atoms with van der Waals surface area (Å²) in [6.07, 6.45) is 0.253. The van der Waals surface area contributed by atoms with E-state index in [9.17, 15) is 4.79 Å². The molecule has 0 bridgehead atoms. The Kier molecular flexibility index (Phi) is 5.66. The van der Waals surface area contributed by atoms with E-state index in [0.717, 1.165) is 30.1 Å². The summed E-state index contributed by atoms with van der Waals surface area (Å²) in [5.41, 5.74) is 0. The number of ketones is 1. The summed E-state index contributed by atoms with van der Waals surface area (Å²) in [6.45, 7) is 0.970. The number of thioether (sulfide) groups is 1. The van der Waals surface area contributed by atoms with Gasteiger partial charge in [-0.05, 0) is 19.4 Å². The van der Waals surface area contributed by atoms with Crippen molar-refractivity contribution >= 4 is 40.9 Å². The van der Waals surface area contributed by atoms with E-state index < -0.39 is 6.16 Å². The molecule has 0 saturated carbocycles. The van der Waals surface area contributed by atoms with Crippen LogP contribution in [0.15, 0.2) is 0 Å². The predicted molar refractivity (Wildman–Crippen MR) is 68.7 cm³/mol. The topological polar surface area (TPSA) is 98.7 Å². The average molecular weight is 278 g/mol. The highest BCUT2D eigenvalue weighted by Crippen LogP contribution is 2.20. The van der Waals surface area contributed by atoms with Crippen molar-refractivity contribution in [2.24, 2.45) is 0 Å². The van der Waals surface area contributed by atoms with E-state index in [1.54, 1.807) is 11.8 Å². The quantitative estimate of drug-likeness (QED) is 0.543. The molecule has 0 aromatic heterocycles. The predicted octanol–water partition coefficient (Wildman–Crippen LogP) is 0.520. The molecule has 0 aliphatic carbocycles. The highest BCUT2D eigenvalue weighted by molar-refractivity contribution is 8.03. The Morgan fingerprint density at radius 2 is 2.06 bits per heavy atom. The number of thiocarbonyl (C=S) groups is 1. The number of hydrogen-bond donors (Lipinski definition) is 4. The third-order valence-corrected chi connectivity index (χ3v) is 3.92. The number of carbonyl (C=O) groups excluding carboxylic acids is 1. The van der Waals surface area contributed by atoms with E-state index in [4.69, 9.17) is 27.2 Å². The Balaban J connectivity index is 0.000000317. The van der Waals surface area contributed by atoms with Crippen LogP contribution in [0, 0.1) is 0 Å². The van der Waals surface area contributed by atoms with Gasteiger partial charge in [-0.1, -0.05) is 12.2 Å². The minimum absolute atomic E-state index is 0.0610. The molecule has 0 radical (unpaired) electrons. The zero-order valence-corrected chi connectivity index (χ0v) is 10.6. The molecule has 0 amide bonds. The van der Waals surface area contributed by atoms with Crippen molar-refractivity contribution in [2.75, 3.05) is 12.3 Å². The number of carbonyl (C=O) groups is 2. The maximum atomic E-state index is 11.8. The van der Waals surface area contributed by atoms with Crippen LogP contribution in [0.1, 0.15) is 12.8 Å². The van der Waals surface area contributed by atoms with Crippen molar-refractivity contribution in [1.29, 1.82) is 0 Å². The smallest absolute Gasteiger partial charge is 0.450 e. The highest BCUT2D eigenvalue weighted by Gasteiger charge is 2.32. The molecule has 6 nitrogen and oxygen atoms in total. The zero-order chi connectivity index (χ0) is 12.8. The fraction of sp³-hybridized carbons (Fsp3) is 0.667. The van der Waals surface area contributed by atoms with Gasteiger partial charge in [0, 0.05) is 5.75 Å². The summed E-state index contributed by atoms with van der Waals surface area (Å²) in [6, 6.07) is 0.0610. The van der Waals surface area contributed by atoms with Gasteiger partial charge in [0.1, 0.15) is 5.37 Å². The Morgan fingerprint density at radius 3 is 2.47 bits per heavy atom. The molecule has 2 rings (SSSR count). The standard InChI is InChI=1S/C8H12N2OS2.CH2O3/c11-7(5-2-1-3-9-5)8-10-6(12)4-13-8;2-1(3)4/h5,8-9H,1-4H2,(H,10,12);(H2,2,3,4)/t5-,8?;/m0./s1. The monoisotopic (exact) mass is 278 g/mol. The summed E-state index contributed by atoms with van der Waals surface area (Å²) in [5, 5.41) is 20.1. The van der Waals surface area contributed by atoms with Gasteiger partial charge in [-0.3, -0.25) is 4.79 Å². The fourth-order valence-corrected chi connectivity index (χ4v) is 3.00. The molecule has 2 atom stereocenters. The van der Waals surface area contributed by atoms with E-state index in [0.29, 0.717) is 0 Å². The number of hydrogen-bond acceptors (Lipinski definition) is 5. The van der Waals surface area contributed by atoms with E-state index in [2.05, 4.69) is 10.6 Å². The lowest BCUT2D eigenvalue weighted by Gasteiger charge is -2.13. The molecule has 2 heterocycles. The van der Waals surface area contributed by atoms with Crippen molar-refractivity contribution in [1.82, 2.24) is 10.6 Å². The molecule has 4 N–H and O–H groups in total. The van der Waals surface area contributed by atoms with Crippen molar-refractivity contribution in [3.05, 3.63) is 0 Å². The van der Waals surface area contributed by atoms with Gasteiger partial charge in [0.25, 0.3) is 0 Å². The van der Waals surface area contributed by atoms with Gasteiger partial charge >= 0.3 is 6.16 Å². The van der Waals surface area contributed by atoms with Gasteiger partial charge in [-0.15, -0.1) is 11.8 Å². The lowest BCUT2D eigenvalue weighted by molar-refractivity contribution is -0.120. The molecule has 96 valence electrons. The normalized spacial score (nSPS) is 26.9. The molecule has 1 unspecified atom stereocenters. The lowest BCUT2D eigenvalue weighted by Crippen LogP contribution is -2.42. The average Bonchev–Trinajstić information content (AvgIpc) is 2.85. The first kappa shape index (κ1) is 14.2. The summed E-state index contributed by atoms with van der Waals surface area (Å²) in [7, 11) is 0. The van der Waals surface area contributed by atoms with Crippen molar-refractivity contribution in [3.8, 4) is 0 Å². The number of rotatable bonds is 2. The third kappa shape index (κ3) is 4.88. The first-order valence-corrected chi connectivity index (χ1v) is 6.56. The van der Waals surface area contributed by atoms with Crippen molar-refractivity contribution in [3.63, 3.8) is 0 Å². The van der Waals surface area contributed by atoms with Crippen LogP contribution < -0.4 is 10.6 Å². The maximum Gasteiger partial charge on any atom is 0.503 e. The van der Waals surface area contributed by atoms with Crippen LogP contribution >= 0.6 is 24.0 Å². The van der Waals surface area contributed by atoms with Crippen LogP contribution in [0.3, 0.4) is 0 Å². The SMILES string of the molecule is O=C(C1NC(=S)CS1)[C@@H]1CCCN1.O=C(O)O. The fourth-order valence-electron chi connectivity index (χ4n) is 1.65. The summed E-state index contributed by atoms with van der Waals surface area (Å²) in [4.78, 5) is 21.2. The van der Waals surface area contributed by atoms with Gasteiger partial charge in [0.15, 0.2) is 5.78 Å². The molecule has 0 aromatic carbocycles. The van der Waals surface area contributed by atoms with Gasteiger partial charge in [0.05, 0.1) is 11.0 Å². The largest absolute Gasteiger partial charge is 0.503 e. The lowest BCUT2D eigenvalue weighted by atomic mass is 10.1. The number of nitrogens with one attached hydrogen (secondary N) is 2. The summed E-state index contributed by atoms with van der Waals surface area (Å²) < 4.78 is 0. The van der Waals surface area contributed by atoms with Gasteiger partial charge in [0.2, 0.25) is 0 Å². The molecule has 2 aliphatic rings. The van der Waals surface area contributed by atoms with Crippen LogP contribution in [0.5, 0.6) is 0 Å². The van der Waals surface area contributed by atoms with Crippen LogP contribution in [0.25, 0.3) is 0 Å². The Labute approximate surface area is 108 Å². The van der Waals surface area contributed by atoms with E-state index in [-0.39, 0.29) is 17.2 Å². The molecule has 8 heteroatoms. The molecule has 2 fully saturated rings. The van der Waals surface area contributed by atoms with Crippen LogP contribution in [0.4, 0.5) is 4.79 Å². The van der Waals surface area contributed by atoms with Crippen LogP contribution in [-0.4, -0.2) is 50.9 Å². The van der Waals surface area contributed by atoms with Gasteiger partial charge in [-0.25, -0.2) is 4.79 Å². The minimum atomic E-state index is -1.83. The number of carboxylic acid groups (broad SMARTS) is 2. The molecule has 2 aliphatic heterocycles. The summed E-state index contributed by atoms with van der Waals surface area (Å²) >= 11 is 6.59. The Morgan fingerprint density at radius 1 is 1.41 bits per heavy atom. The van der Waals surface area contributed by atoms with Crippen LogP contribution in [0.2, 0.25) is 0 Å². The first-order chi connectivity index (χ1) is 8.00. The Bertz CT molecular complexity index is 314. The summed E-state index contributed by atoms with van der Waals surface area (Å²) in [5.74, 6) is 1.06. The zero-order valence-electron chi connectivity index (χ0n) is 9.01. The number of Topliss-reactive ketones (excluding diaryl/α,β-unsaturated/α-hetero) is 1. The first-order valence-electron chi connectivity index (χ1n) is 5.10. The van der Waals surface area contributed by atoms with E-state index in [1.807, 2.05) is 0 Å². The minimum Gasteiger partial charge on any atom is -0.450 e. The molecule has 2 saturated heterocycles. The van der Waals surface area contributed by atoms with E-state index in [1.165, 1.54) is 0 Å². The Hall–Kier alpha value is -0.860. The van der Waals surface area contributed by atoms with Gasteiger partial charge < -0.3 is 20.8 Å². The molecule has 0 spiro atoms. The third-order valence-electron chi connectivity index (χ3n) is 2.34. The van der Waals surface area contributed by atoms with Gasteiger partial charge in [-0.2, -0.15) is 0 Å². The maximum absolute atomic E-state index is 11.8. The molecule has 0 aromatic rings. The second-order valence-electron chi connectivity index (χ2n) is 3.59. The molecular formula is C9H14N2O4S2. The van der Waals surface area contributed by atoms with Crippen molar-refractivity contribution in [2.45, 2.75) is 24.3 Å². The second-order valence-corrected chi connectivity index (χ2v) is 5.18. The highest BCUT2D eigenvalue weighted by atomic mass is 32.2.